The molecule has 0 aliphatic carbocycles. The highest BCUT2D eigenvalue weighted by atomic mass is 35.5. The molecule has 0 bridgehead atoms. The molecule has 1 aliphatic rings. The minimum absolute atomic E-state index is 0. The first-order chi connectivity index (χ1) is 9.99. The summed E-state index contributed by atoms with van der Waals surface area (Å²) in [6.45, 7) is 4.77. The van der Waals surface area contributed by atoms with Gasteiger partial charge in [-0.2, -0.15) is 0 Å². The van der Waals surface area contributed by atoms with E-state index >= 15 is 0 Å². The summed E-state index contributed by atoms with van der Waals surface area (Å²) in [6.07, 6.45) is 0.641. The Labute approximate surface area is 147 Å². The Morgan fingerprint density at radius 1 is 1.17 bits per heavy atom. The van der Waals surface area contributed by atoms with Crippen LogP contribution in [-0.2, 0) is 10.0 Å². The van der Waals surface area contributed by atoms with Crippen molar-refractivity contribution in [2.45, 2.75) is 11.3 Å². The highest BCUT2D eigenvalue weighted by Crippen LogP contribution is 2.15. The Balaban J connectivity index is 0.00000242. The van der Waals surface area contributed by atoms with Crippen LogP contribution in [0.15, 0.2) is 23.1 Å². The molecule has 0 atom stereocenters. The van der Waals surface area contributed by atoms with Crippen LogP contribution in [0.25, 0.3) is 0 Å². The lowest BCUT2D eigenvalue weighted by atomic mass is 10.3. The summed E-state index contributed by atoms with van der Waals surface area (Å²) in [5.41, 5.74) is 0. The molecule has 1 aromatic carbocycles. The van der Waals surface area contributed by atoms with Crippen LogP contribution in [0.2, 0.25) is 0 Å². The van der Waals surface area contributed by atoms with E-state index in [1.54, 1.807) is 0 Å². The van der Waals surface area contributed by atoms with Crippen LogP contribution < -0.4 is 10.0 Å². The van der Waals surface area contributed by atoms with Gasteiger partial charge in [0, 0.05) is 38.8 Å². The number of benzene rings is 1. The van der Waals surface area contributed by atoms with Gasteiger partial charge in [-0.25, -0.2) is 21.9 Å². The summed E-state index contributed by atoms with van der Waals surface area (Å²) in [5, 5.41) is 3.24. The van der Waals surface area contributed by atoms with Gasteiger partial charge >= 0.3 is 0 Å². The number of nitrogens with one attached hydrogen (secondary N) is 2. The topological polar surface area (TPSA) is 61.4 Å². The molecule has 23 heavy (non-hydrogen) atoms. The first kappa shape index (κ1) is 22.5. The van der Waals surface area contributed by atoms with E-state index in [0.29, 0.717) is 12.5 Å². The molecule has 1 aromatic rings. The molecule has 1 fully saturated rings. The van der Waals surface area contributed by atoms with Crippen molar-refractivity contribution in [2.24, 2.45) is 0 Å². The van der Waals surface area contributed by atoms with Gasteiger partial charge in [0.25, 0.3) is 0 Å². The fraction of sp³-hybridized carbons (Fsp3) is 0.538. The highest BCUT2D eigenvalue weighted by Gasteiger charge is 2.19. The second kappa shape index (κ2) is 10.4. The van der Waals surface area contributed by atoms with Crippen molar-refractivity contribution in [1.82, 2.24) is 14.9 Å². The summed E-state index contributed by atoms with van der Waals surface area (Å²) in [4.78, 5) is 1.72. The fourth-order valence-electron chi connectivity index (χ4n) is 2.21. The third-order valence-electron chi connectivity index (χ3n) is 3.34. The first-order valence-corrected chi connectivity index (χ1v) is 8.35. The van der Waals surface area contributed by atoms with Crippen molar-refractivity contribution in [3.63, 3.8) is 0 Å². The van der Waals surface area contributed by atoms with Crippen molar-refractivity contribution in [3.05, 3.63) is 29.8 Å². The van der Waals surface area contributed by atoms with Crippen molar-refractivity contribution in [1.29, 1.82) is 0 Å². The van der Waals surface area contributed by atoms with E-state index in [-0.39, 0.29) is 31.4 Å². The minimum atomic E-state index is -3.93. The predicted molar refractivity (Wildman–Crippen MR) is 90.0 cm³/mol. The van der Waals surface area contributed by atoms with Gasteiger partial charge in [0.05, 0.1) is 0 Å². The maximum Gasteiger partial charge on any atom is 0.243 e. The zero-order valence-corrected chi connectivity index (χ0v) is 14.9. The predicted octanol–water partition coefficient (Wildman–Crippen LogP) is 1.38. The molecule has 0 unspecified atom stereocenters. The second-order valence-electron chi connectivity index (χ2n) is 4.92. The highest BCUT2D eigenvalue weighted by molar-refractivity contribution is 7.89. The quantitative estimate of drug-likeness (QED) is 0.719. The van der Waals surface area contributed by atoms with Crippen LogP contribution in [0.5, 0.6) is 0 Å². The molecule has 1 aliphatic heterocycles. The van der Waals surface area contributed by atoms with Crippen LogP contribution in [0.3, 0.4) is 0 Å². The number of rotatable bonds is 6. The summed E-state index contributed by atoms with van der Waals surface area (Å²) < 4.78 is 52.4. The smallest absolute Gasteiger partial charge is 0.243 e. The van der Waals surface area contributed by atoms with Gasteiger partial charge in [-0.1, -0.05) is 0 Å². The Hall–Kier alpha value is -0.510. The molecule has 1 heterocycles. The SMILES string of the molecule is Cl.Cl.O=S(=O)(NCCCN1CCNCC1)c1ccc(F)cc1F. The van der Waals surface area contributed by atoms with Crippen molar-refractivity contribution in [2.75, 3.05) is 39.3 Å². The maximum absolute atomic E-state index is 13.5. The molecular weight excluding hydrogens is 371 g/mol. The van der Waals surface area contributed by atoms with E-state index in [2.05, 4.69) is 14.9 Å². The number of hydrogen-bond donors (Lipinski definition) is 2. The summed E-state index contributed by atoms with van der Waals surface area (Å²) >= 11 is 0. The number of nitrogens with zero attached hydrogens (tertiary/aromatic N) is 1. The molecule has 2 N–H and O–H groups in total. The van der Waals surface area contributed by atoms with Crippen molar-refractivity contribution in [3.8, 4) is 0 Å². The molecule has 134 valence electrons. The Bertz CT molecular complexity index is 585. The molecule has 0 amide bonds. The molecule has 5 nitrogen and oxygen atoms in total. The largest absolute Gasteiger partial charge is 0.314 e. The van der Waals surface area contributed by atoms with Gasteiger partial charge in [-0.3, -0.25) is 0 Å². The number of piperazine rings is 1. The van der Waals surface area contributed by atoms with Crippen LogP contribution in [0.1, 0.15) is 6.42 Å². The number of sulfonamides is 1. The van der Waals surface area contributed by atoms with E-state index in [1.807, 2.05) is 0 Å². The van der Waals surface area contributed by atoms with Gasteiger partial charge in [0.1, 0.15) is 16.5 Å². The van der Waals surface area contributed by atoms with Crippen molar-refractivity contribution < 1.29 is 17.2 Å². The summed E-state index contributed by atoms with van der Waals surface area (Å²) in [5.74, 6) is -1.88. The molecular formula is C13H21Cl2F2N3O2S. The molecule has 10 heteroatoms. The van der Waals surface area contributed by atoms with Gasteiger partial charge in [-0.05, 0) is 25.1 Å². The Morgan fingerprint density at radius 3 is 2.43 bits per heavy atom. The average molecular weight is 392 g/mol. The third-order valence-corrected chi connectivity index (χ3v) is 4.83. The molecule has 2 rings (SSSR count). The van der Waals surface area contributed by atoms with Crippen LogP contribution in [-0.4, -0.2) is 52.6 Å². The maximum atomic E-state index is 13.5. The Morgan fingerprint density at radius 2 is 1.83 bits per heavy atom. The molecule has 0 saturated carbocycles. The van der Waals surface area contributed by atoms with Gasteiger partial charge < -0.3 is 10.2 Å². The average Bonchev–Trinajstić information content (AvgIpc) is 2.44. The van der Waals surface area contributed by atoms with Gasteiger partial charge in [0.2, 0.25) is 10.0 Å². The van der Waals surface area contributed by atoms with Crippen LogP contribution >= 0.6 is 24.8 Å². The second-order valence-corrected chi connectivity index (χ2v) is 6.65. The number of halogens is 4. The van der Waals surface area contributed by atoms with E-state index in [4.69, 9.17) is 0 Å². The minimum Gasteiger partial charge on any atom is -0.314 e. The lowest BCUT2D eigenvalue weighted by molar-refractivity contribution is 0.239. The van der Waals surface area contributed by atoms with E-state index in [1.165, 1.54) is 0 Å². The van der Waals surface area contributed by atoms with E-state index in [9.17, 15) is 17.2 Å². The van der Waals surface area contributed by atoms with Gasteiger partial charge in [-0.15, -0.1) is 24.8 Å². The first-order valence-electron chi connectivity index (χ1n) is 6.87. The lowest BCUT2D eigenvalue weighted by Crippen LogP contribution is -2.44. The van der Waals surface area contributed by atoms with Crippen LogP contribution in [0, 0.1) is 11.6 Å². The zero-order valence-electron chi connectivity index (χ0n) is 12.4. The standard InChI is InChI=1S/C13H19F2N3O2S.2ClH/c14-11-2-3-13(12(15)10-11)21(19,20)17-4-1-7-18-8-5-16-6-9-18;;/h2-3,10,16-17H,1,4-9H2;2*1H. The molecule has 1 saturated heterocycles. The summed E-state index contributed by atoms with van der Waals surface area (Å²) in [6, 6.07) is 2.43. The van der Waals surface area contributed by atoms with Crippen LogP contribution in [0.4, 0.5) is 8.78 Å². The molecule has 0 radical (unpaired) electrons. The van der Waals surface area contributed by atoms with E-state index in [0.717, 1.165) is 44.9 Å². The fourth-order valence-corrected chi connectivity index (χ4v) is 3.35. The van der Waals surface area contributed by atoms with Crippen molar-refractivity contribution >= 4 is 34.8 Å². The van der Waals surface area contributed by atoms with E-state index < -0.39 is 26.6 Å². The summed E-state index contributed by atoms with van der Waals surface area (Å²) in [7, 11) is -3.93. The normalized spacial score (nSPS) is 15.6. The Kier molecular flexibility index (Phi) is 10.1. The number of hydrogen-bond acceptors (Lipinski definition) is 4. The monoisotopic (exact) mass is 391 g/mol. The van der Waals surface area contributed by atoms with Gasteiger partial charge in [0.15, 0.2) is 0 Å². The zero-order chi connectivity index (χ0) is 15.3. The lowest BCUT2D eigenvalue weighted by Gasteiger charge is -2.27. The molecule has 0 spiro atoms. The third kappa shape index (κ3) is 6.86. The molecule has 0 aromatic heterocycles.